The maximum Gasteiger partial charge on any atom is 0.231 e. The predicted molar refractivity (Wildman–Crippen MR) is 89.2 cm³/mol. The highest BCUT2D eigenvalue weighted by molar-refractivity contribution is 7.99. The van der Waals surface area contributed by atoms with Crippen molar-refractivity contribution in [3.63, 3.8) is 0 Å². The number of nitrogens with one attached hydrogen (secondary N) is 1. The Morgan fingerprint density at radius 2 is 2.04 bits per heavy atom. The van der Waals surface area contributed by atoms with Crippen LogP contribution in [0.5, 0.6) is 0 Å². The van der Waals surface area contributed by atoms with Crippen LogP contribution in [-0.4, -0.2) is 38.2 Å². The summed E-state index contributed by atoms with van der Waals surface area (Å²) in [6.07, 6.45) is 2.13. The van der Waals surface area contributed by atoms with E-state index in [2.05, 4.69) is 15.5 Å². The van der Waals surface area contributed by atoms with Gasteiger partial charge in [-0.15, -0.1) is 10.2 Å². The van der Waals surface area contributed by atoms with Crippen molar-refractivity contribution in [1.82, 2.24) is 20.1 Å². The van der Waals surface area contributed by atoms with Crippen molar-refractivity contribution in [2.24, 2.45) is 0 Å². The van der Waals surface area contributed by atoms with E-state index < -0.39 is 6.04 Å². The van der Waals surface area contributed by atoms with Gasteiger partial charge in [0.2, 0.25) is 5.91 Å². The third kappa shape index (κ3) is 5.21. The molecule has 2 rings (SSSR count). The standard InChI is InChI=1S/C16H20N4O2S/c1-3-20-11-17-19-16(20)23-10-15(22)18-14(12(2)21)9-13-7-5-4-6-8-13/h4-8,11,14H,3,9-10H2,1-2H3,(H,18,22)/t14-/m1/s1. The summed E-state index contributed by atoms with van der Waals surface area (Å²) in [6, 6.07) is 9.14. The van der Waals surface area contributed by atoms with Crippen LogP contribution >= 0.6 is 11.8 Å². The molecule has 7 heteroatoms. The van der Waals surface area contributed by atoms with Gasteiger partial charge in [-0.3, -0.25) is 9.59 Å². The lowest BCUT2D eigenvalue weighted by Crippen LogP contribution is -2.42. The number of nitrogens with zero attached hydrogens (tertiary/aromatic N) is 3. The van der Waals surface area contributed by atoms with E-state index in [1.807, 2.05) is 41.8 Å². The Hall–Kier alpha value is -2.15. The molecule has 0 aliphatic rings. The first kappa shape index (κ1) is 17.2. The van der Waals surface area contributed by atoms with Gasteiger partial charge in [0, 0.05) is 6.54 Å². The number of carbonyl (C=O) groups excluding carboxylic acids is 2. The molecule has 0 bridgehead atoms. The lowest BCUT2D eigenvalue weighted by molar-refractivity contribution is -0.125. The Balaban J connectivity index is 1.89. The van der Waals surface area contributed by atoms with Gasteiger partial charge in [-0.2, -0.15) is 0 Å². The number of aromatic nitrogens is 3. The van der Waals surface area contributed by atoms with Crippen LogP contribution in [0.2, 0.25) is 0 Å². The van der Waals surface area contributed by atoms with Gasteiger partial charge in [-0.25, -0.2) is 0 Å². The maximum atomic E-state index is 12.1. The minimum Gasteiger partial charge on any atom is -0.345 e. The Kier molecular flexibility index (Phi) is 6.34. The lowest BCUT2D eigenvalue weighted by atomic mass is 10.0. The molecule has 0 fully saturated rings. The van der Waals surface area contributed by atoms with Gasteiger partial charge in [-0.1, -0.05) is 42.1 Å². The van der Waals surface area contributed by atoms with Crippen LogP contribution in [0.25, 0.3) is 0 Å². The fraction of sp³-hybridized carbons (Fsp3) is 0.375. The van der Waals surface area contributed by atoms with Gasteiger partial charge in [0.1, 0.15) is 6.33 Å². The van der Waals surface area contributed by atoms with Crippen molar-refractivity contribution >= 4 is 23.5 Å². The second-order valence-corrected chi connectivity index (χ2v) is 6.05. The first-order chi connectivity index (χ1) is 11.1. The van der Waals surface area contributed by atoms with Gasteiger partial charge < -0.3 is 9.88 Å². The summed E-state index contributed by atoms with van der Waals surface area (Å²) < 4.78 is 1.87. The Morgan fingerprint density at radius 3 is 2.70 bits per heavy atom. The quantitative estimate of drug-likeness (QED) is 0.745. The van der Waals surface area contributed by atoms with Crippen LogP contribution in [0.4, 0.5) is 0 Å². The number of thioether (sulfide) groups is 1. The van der Waals surface area contributed by atoms with Crippen LogP contribution in [0, 0.1) is 0 Å². The molecule has 122 valence electrons. The van der Waals surface area contributed by atoms with Gasteiger partial charge in [0.25, 0.3) is 0 Å². The van der Waals surface area contributed by atoms with Crippen LogP contribution in [-0.2, 0) is 22.6 Å². The number of hydrogen-bond donors (Lipinski definition) is 1. The molecule has 23 heavy (non-hydrogen) atoms. The van der Waals surface area contributed by atoms with Crippen LogP contribution < -0.4 is 5.32 Å². The molecule has 2 aromatic rings. The van der Waals surface area contributed by atoms with E-state index in [9.17, 15) is 9.59 Å². The Morgan fingerprint density at radius 1 is 1.30 bits per heavy atom. The zero-order valence-electron chi connectivity index (χ0n) is 13.2. The first-order valence-corrected chi connectivity index (χ1v) is 8.43. The molecule has 1 amide bonds. The van der Waals surface area contributed by atoms with E-state index in [0.717, 1.165) is 12.1 Å². The van der Waals surface area contributed by atoms with Gasteiger partial charge >= 0.3 is 0 Å². The van der Waals surface area contributed by atoms with E-state index in [1.54, 1.807) is 6.33 Å². The molecule has 0 unspecified atom stereocenters. The van der Waals surface area contributed by atoms with Crippen LogP contribution in [0.1, 0.15) is 19.4 Å². The number of hydrogen-bond acceptors (Lipinski definition) is 5. The molecule has 0 radical (unpaired) electrons. The number of Topliss-reactive ketones (excluding diaryl/α,β-unsaturated/α-hetero) is 1. The number of carbonyl (C=O) groups is 2. The topological polar surface area (TPSA) is 76.9 Å². The molecule has 0 spiro atoms. The zero-order chi connectivity index (χ0) is 16.7. The molecular weight excluding hydrogens is 312 g/mol. The number of ketones is 1. The first-order valence-electron chi connectivity index (χ1n) is 7.44. The normalized spacial score (nSPS) is 11.9. The summed E-state index contributed by atoms with van der Waals surface area (Å²) in [5.41, 5.74) is 1.02. The third-order valence-corrected chi connectivity index (χ3v) is 4.34. The Bertz CT molecular complexity index is 657. The Labute approximate surface area is 139 Å². The molecule has 1 atom stereocenters. The van der Waals surface area contributed by atoms with E-state index in [0.29, 0.717) is 11.6 Å². The SMILES string of the molecule is CCn1cnnc1SCC(=O)N[C@H](Cc1ccccc1)C(C)=O. The summed E-state index contributed by atoms with van der Waals surface area (Å²) in [5, 5.41) is 11.3. The van der Waals surface area contributed by atoms with E-state index in [-0.39, 0.29) is 17.4 Å². The van der Waals surface area contributed by atoms with E-state index in [1.165, 1.54) is 18.7 Å². The lowest BCUT2D eigenvalue weighted by Gasteiger charge is -2.16. The molecule has 1 N–H and O–H groups in total. The van der Waals surface area contributed by atoms with E-state index >= 15 is 0 Å². The highest BCUT2D eigenvalue weighted by atomic mass is 32.2. The van der Waals surface area contributed by atoms with Crippen molar-refractivity contribution in [3.05, 3.63) is 42.2 Å². The average Bonchev–Trinajstić information content (AvgIpc) is 3.00. The molecule has 0 saturated carbocycles. The number of rotatable bonds is 8. The van der Waals surface area contributed by atoms with Crippen LogP contribution in [0.15, 0.2) is 41.8 Å². The van der Waals surface area contributed by atoms with Crippen molar-refractivity contribution in [1.29, 1.82) is 0 Å². The molecule has 0 aliphatic carbocycles. The highest BCUT2D eigenvalue weighted by Crippen LogP contribution is 2.14. The second-order valence-electron chi connectivity index (χ2n) is 5.11. The fourth-order valence-corrected chi connectivity index (χ4v) is 2.88. The molecule has 0 aliphatic heterocycles. The summed E-state index contributed by atoms with van der Waals surface area (Å²) in [6.45, 7) is 4.23. The van der Waals surface area contributed by atoms with Crippen molar-refractivity contribution < 1.29 is 9.59 Å². The van der Waals surface area contributed by atoms with Gasteiger partial charge in [0.15, 0.2) is 10.9 Å². The highest BCUT2D eigenvalue weighted by Gasteiger charge is 2.18. The minimum atomic E-state index is -0.505. The third-order valence-electron chi connectivity index (χ3n) is 3.36. The fourth-order valence-electron chi connectivity index (χ4n) is 2.09. The van der Waals surface area contributed by atoms with E-state index in [4.69, 9.17) is 0 Å². The molecule has 6 nitrogen and oxygen atoms in total. The monoisotopic (exact) mass is 332 g/mol. The summed E-state index contributed by atoms with van der Waals surface area (Å²) in [4.78, 5) is 23.9. The number of aryl methyl sites for hydroxylation is 1. The second kappa shape index (κ2) is 8.47. The largest absolute Gasteiger partial charge is 0.345 e. The number of benzene rings is 1. The number of amides is 1. The van der Waals surface area contributed by atoms with Crippen LogP contribution in [0.3, 0.4) is 0 Å². The average molecular weight is 332 g/mol. The van der Waals surface area contributed by atoms with Gasteiger partial charge in [-0.05, 0) is 25.8 Å². The summed E-state index contributed by atoms with van der Waals surface area (Å²) in [7, 11) is 0. The minimum absolute atomic E-state index is 0.0519. The molecule has 1 heterocycles. The zero-order valence-corrected chi connectivity index (χ0v) is 14.0. The summed E-state index contributed by atoms with van der Waals surface area (Å²) in [5.74, 6) is -0.0298. The van der Waals surface area contributed by atoms with Crippen molar-refractivity contribution in [3.8, 4) is 0 Å². The van der Waals surface area contributed by atoms with Gasteiger partial charge in [0.05, 0.1) is 11.8 Å². The summed E-state index contributed by atoms with van der Waals surface area (Å²) >= 11 is 1.31. The molecular formula is C16H20N4O2S. The molecule has 1 aromatic carbocycles. The van der Waals surface area contributed by atoms with Crippen molar-refractivity contribution in [2.75, 3.05) is 5.75 Å². The smallest absolute Gasteiger partial charge is 0.231 e. The molecule has 0 saturated heterocycles. The predicted octanol–water partition coefficient (Wildman–Crippen LogP) is 1.71. The molecule has 1 aromatic heterocycles. The maximum absolute atomic E-state index is 12.1. The van der Waals surface area contributed by atoms with Crippen molar-refractivity contribution in [2.45, 2.75) is 38.0 Å².